The maximum absolute atomic E-state index is 9.36. The zero-order chi connectivity index (χ0) is 16.1. The molecule has 0 aliphatic carbocycles. The predicted molar refractivity (Wildman–Crippen MR) is 91.7 cm³/mol. The fourth-order valence-electron chi connectivity index (χ4n) is 1.97. The van der Waals surface area contributed by atoms with Gasteiger partial charge >= 0.3 is 0 Å². The largest absolute Gasteiger partial charge is 0.339 e. The number of nitrogens with one attached hydrogen (secondary N) is 2. The van der Waals surface area contributed by atoms with Gasteiger partial charge in [-0.25, -0.2) is 4.99 Å². The zero-order valence-corrected chi connectivity index (χ0v) is 12.7. The lowest BCUT2D eigenvalue weighted by molar-refractivity contribution is 1.09. The molecular formula is C17H12ClN5. The van der Waals surface area contributed by atoms with Crippen LogP contribution >= 0.6 is 11.6 Å². The molecule has 6 heteroatoms. The Labute approximate surface area is 138 Å². The van der Waals surface area contributed by atoms with Crippen LogP contribution in [0.2, 0.25) is 5.02 Å². The van der Waals surface area contributed by atoms with Gasteiger partial charge in [0.15, 0.2) is 5.82 Å². The minimum atomic E-state index is 0.341. The van der Waals surface area contributed by atoms with E-state index >= 15 is 0 Å². The number of aliphatic imine (C=N–C) groups is 1. The number of nitriles is 1. The van der Waals surface area contributed by atoms with Crippen LogP contribution in [0.4, 0.5) is 17.3 Å². The highest BCUT2D eigenvalue weighted by Crippen LogP contribution is 2.26. The van der Waals surface area contributed by atoms with E-state index in [0.29, 0.717) is 22.2 Å². The van der Waals surface area contributed by atoms with Gasteiger partial charge in [0.05, 0.1) is 0 Å². The van der Waals surface area contributed by atoms with Crippen molar-refractivity contribution in [3.63, 3.8) is 0 Å². The van der Waals surface area contributed by atoms with Crippen molar-refractivity contribution < 1.29 is 0 Å². The van der Waals surface area contributed by atoms with E-state index in [1.54, 1.807) is 18.3 Å². The van der Waals surface area contributed by atoms with Crippen molar-refractivity contribution in [1.82, 2.24) is 10.2 Å². The van der Waals surface area contributed by atoms with Gasteiger partial charge < -0.3 is 5.32 Å². The Morgan fingerprint density at radius 1 is 1.13 bits per heavy atom. The van der Waals surface area contributed by atoms with Crippen LogP contribution in [0.5, 0.6) is 0 Å². The molecule has 0 aliphatic rings. The van der Waals surface area contributed by atoms with Gasteiger partial charge in [-0.3, -0.25) is 5.10 Å². The van der Waals surface area contributed by atoms with Crippen LogP contribution in [-0.2, 0) is 0 Å². The van der Waals surface area contributed by atoms with Gasteiger partial charge in [0.1, 0.15) is 17.5 Å². The topological polar surface area (TPSA) is 76.9 Å². The molecule has 112 valence electrons. The van der Waals surface area contributed by atoms with Crippen LogP contribution in [-0.4, -0.2) is 16.4 Å². The number of anilines is 2. The lowest BCUT2D eigenvalue weighted by Crippen LogP contribution is -1.92. The maximum Gasteiger partial charge on any atom is 0.193 e. The SMILES string of the molecule is N#Cc1c(N=Cc2ccccc2)n[nH]c1Nc1ccc(Cl)cc1. The van der Waals surface area contributed by atoms with Crippen LogP contribution in [0, 0.1) is 11.3 Å². The Kier molecular flexibility index (Phi) is 4.37. The summed E-state index contributed by atoms with van der Waals surface area (Å²) in [5.74, 6) is 0.836. The molecule has 1 heterocycles. The average molecular weight is 322 g/mol. The third-order valence-corrected chi connectivity index (χ3v) is 3.36. The second kappa shape index (κ2) is 6.77. The molecule has 1 aromatic heterocycles. The molecule has 0 unspecified atom stereocenters. The molecule has 2 N–H and O–H groups in total. The standard InChI is InChI=1S/C17H12ClN5/c18-13-6-8-14(9-7-13)21-17-15(10-19)16(22-23-17)20-11-12-4-2-1-3-5-12/h1-9,11H,(H2,21,22,23). The van der Waals surface area contributed by atoms with Crippen molar-refractivity contribution in [1.29, 1.82) is 5.26 Å². The van der Waals surface area contributed by atoms with E-state index in [1.807, 2.05) is 42.5 Å². The van der Waals surface area contributed by atoms with Gasteiger partial charge in [0.2, 0.25) is 0 Å². The Morgan fingerprint density at radius 3 is 2.57 bits per heavy atom. The van der Waals surface area contributed by atoms with Gasteiger partial charge in [-0.15, -0.1) is 0 Å². The minimum Gasteiger partial charge on any atom is -0.339 e. The summed E-state index contributed by atoms with van der Waals surface area (Å²) in [5, 5.41) is 20.0. The van der Waals surface area contributed by atoms with E-state index in [4.69, 9.17) is 11.6 Å². The average Bonchev–Trinajstić information content (AvgIpc) is 2.97. The molecule has 3 rings (SSSR count). The quantitative estimate of drug-likeness (QED) is 0.698. The van der Waals surface area contributed by atoms with E-state index in [1.165, 1.54) is 0 Å². The van der Waals surface area contributed by atoms with Gasteiger partial charge in [-0.2, -0.15) is 10.4 Å². The number of hydrogen-bond acceptors (Lipinski definition) is 4. The van der Waals surface area contributed by atoms with Crippen LogP contribution in [0.25, 0.3) is 0 Å². The molecule has 0 fully saturated rings. The molecule has 23 heavy (non-hydrogen) atoms. The van der Waals surface area contributed by atoms with E-state index in [-0.39, 0.29) is 0 Å². The van der Waals surface area contributed by atoms with Gasteiger partial charge in [0.25, 0.3) is 0 Å². The lowest BCUT2D eigenvalue weighted by Gasteiger charge is -2.03. The van der Waals surface area contributed by atoms with Gasteiger partial charge in [0, 0.05) is 16.9 Å². The maximum atomic E-state index is 9.36. The second-order valence-electron chi connectivity index (χ2n) is 4.71. The summed E-state index contributed by atoms with van der Waals surface area (Å²) in [6.07, 6.45) is 1.67. The highest BCUT2D eigenvalue weighted by Gasteiger charge is 2.12. The summed E-state index contributed by atoms with van der Waals surface area (Å²) in [6, 6.07) is 18.9. The van der Waals surface area contributed by atoms with Crippen molar-refractivity contribution in [3.8, 4) is 6.07 Å². The summed E-state index contributed by atoms with van der Waals surface area (Å²) in [5.41, 5.74) is 2.09. The van der Waals surface area contributed by atoms with Gasteiger partial charge in [-0.1, -0.05) is 41.9 Å². The second-order valence-corrected chi connectivity index (χ2v) is 5.15. The summed E-state index contributed by atoms with van der Waals surface area (Å²) in [4.78, 5) is 4.27. The first kappa shape index (κ1) is 14.8. The monoisotopic (exact) mass is 321 g/mol. The molecule has 0 radical (unpaired) electrons. The molecule has 2 aromatic carbocycles. The molecule has 0 spiro atoms. The first-order valence-electron chi connectivity index (χ1n) is 6.86. The molecule has 0 amide bonds. The number of aromatic nitrogens is 2. The Balaban J connectivity index is 1.84. The zero-order valence-electron chi connectivity index (χ0n) is 12.0. The van der Waals surface area contributed by atoms with E-state index in [0.717, 1.165) is 11.3 Å². The van der Waals surface area contributed by atoms with E-state index < -0.39 is 0 Å². The first-order valence-corrected chi connectivity index (χ1v) is 7.24. The normalized spacial score (nSPS) is 10.6. The van der Waals surface area contributed by atoms with Crippen LogP contribution < -0.4 is 5.32 Å². The van der Waals surface area contributed by atoms with Crippen molar-refractivity contribution in [2.24, 2.45) is 4.99 Å². The van der Waals surface area contributed by atoms with Crippen molar-refractivity contribution in [2.45, 2.75) is 0 Å². The van der Waals surface area contributed by atoms with E-state index in [9.17, 15) is 5.26 Å². The smallest absolute Gasteiger partial charge is 0.193 e. The molecular weight excluding hydrogens is 310 g/mol. The van der Waals surface area contributed by atoms with E-state index in [2.05, 4.69) is 26.6 Å². The van der Waals surface area contributed by atoms with Crippen LogP contribution in [0.15, 0.2) is 59.6 Å². The summed E-state index contributed by atoms with van der Waals surface area (Å²) >= 11 is 5.86. The number of aromatic amines is 1. The molecule has 0 saturated carbocycles. The Bertz CT molecular complexity index is 860. The van der Waals surface area contributed by atoms with Crippen LogP contribution in [0.1, 0.15) is 11.1 Å². The lowest BCUT2D eigenvalue weighted by atomic mass is 10.2. The van der Waals surface area contributed by atoms with Crippen molar-refractivity contribution in [2.75, 3.05) is 5.32 Å². The highest BCUT2D eigenvalue weighted by atomic mass is 35.5. The number of H-pyrrole nitrogens is 1. The number of benzene rings is 2. The molecule has 0 bridgehead atoms. The van der Waals surface area contributed by atoms with Crippen molar-refractivity contribution >= 4 is 35.1 Å². The predicted octanol–water partition coefficient (Wildman–Crippen LogP) is 4.43. The number of hydrogen-bond donors (Lipinski definition) is 2. The van der Waals surface area contributed by atoms with Crippen molar-refractivity contribution in [3.05, 3.63) is 70.7 Å². The summed E-state index contributed by atoms with van der Waals surface area (Å²) < 4.78 is 0. The molecule has 0 aliphatic heterocycles. The Morgan fingerprint density at radius 2 is 1.87 bits per heavy atom. The molecule has 5 nitrogen and oxygen atoms in total. The molecule has 3 aromatic rings. The minimum absolute atomic E-state index is 0.341. The number of halogens is 1. The van der Waals surface area contributed by atoms with Gasteiger partial charge in [-0.05, 0) is 29.8 Å². The fraction of sp³-hybridized carbons (Fsp3) is 0. The molecule has 0 saturated heterocycles. The third-order valence-electron chi connectivity index (χ3n) is 3.11. The highest BCUT2D eigenvalue weighted by molar-refractivity contribution is 6.30. The summed E-state index contributed by atoms with van der Waals surface area (Å²) in [7, 11) is 0. The number of nitrogens with zero attached hydrogens (tertiary/aromatic N) is 3. The summed E-state index contributed by atoms with van der Waals surface area (Å²) in [6.45, 7) is 0. The number of rotatable bonds is 4. The molecule has 0 atom stereocenters. The van der Waals surface area contributed by atoms with Crippen LogP contribution in [0.3, 0.4) is 0 Å². The Hall–Kier alpha value is -3.10. The fourth-order valence-corrected chi connectivity index (χ4v) is 2.10. The third kappa shape index (κ3) is 3.57. The first-order chi connectivity index (χ1) is 11.3.